The van der Waals surface area contributed by atoms with Crippen molar-refractivity contribution in [1.29, 1.82) is 0 Å². The van der Waals surface area contributed by atoms with Crippen molar-refractivity contribution >= 4 is 11.9 Å². The van der Waals surface area contributed by atoms with E-state index in [0.717, 1.165) is 32.5 Å². The monoisotopic (exact) mass is 606 g/mol. The normalized spacial score (nSPS) is 14.5. The van der Waals surface area contributed by atoms with E-state index >= 15 is 0 Å². The van der Waals surface area contributed by atoms with Gasteiger partial charge >= 0.3 is 11.9 Å². The molecule has 0 bridgehead atoms. The minimum atomic E-state index is -0.551. The molecule has 0 amide bonds. The van der Waals surface area contributed by atoms with Crippen molar-refractivity contribution in [3.8, 4) is 16.9 Å². The molecule has 4 aromatic rings. The van der Waals surface area contributed by atoms with Crippen LogP contribution in [0.3, 0.4) is 0 Å². The van der Waals surface area contributed by atoms with Crippen LogP contribution in [0.25, 0.3) is 11.1 Å². The Bertz CT molecular complexity index is 1550. The zero-order valence-electron chi connectivity index (χ0n) is 26.7. The van der Waals surface area contributed by atoms with Crippen LogP contribution in [0.15, 0.2) is 84.9 Å². The van der Waals surface area contributed by atoms with Crippen molar-refractivity contribution in [3.05, 3.63) is 119 Å². The highest BCUT2D eigenvalue weighted by molar-refractivity contribution is 6.07. The molecule has 0 N–H and O–H groups in total. The summed E-state index contributed by atoms with van der Waals surface area (Å²) in [6, 6.07) is 29.0. The first kappa shape index (κ1) is 31.9. The Balaban J connectivity index is 1.27. The first-order valence-corrected chi connectivity index (χ1v) is 15.7. The molecule has 0 saturated carbocycles. The predicted molar refractivity (Wildman–Crippen MR) is 176 cm³/mol. The molecule has 0 aliphatic carbocycles. The van der Waals surface area contributed by atoms with E-state index in [1.807, 2.05) is 31.2 Å². The number of piperidine rings is 1. The van der Waals surface area contributed by atoms with E-state index in [0.29, 0.717) is 41.3 Å². The second-order valence-electron chi connectivity index (χ2n) is 11.5. The summed E-state index contributed by atoms with van der Waals surface area (Å²) in [5.41, 5.74) is 5.41. The molecule has 7 heteroatoms. The summed E-state index contributed by atoms with van der Waals surface area (Å²) in [4.78, 5) is 33.5. The van der Waals surface area contributed by atoms with Crippen LogP contribution in [0.5, 0.6) is 5.75 Å². The molecule has 1 saturated heterocycles. The number of carbonyl (C=O) groups is 2. The van der Waals surface area contributed by atoms with Crippen LogP contribution < -0.4 is 4.74 Å². The van der Waals surface area contributed by atoms with E-state index in [-0.39, 0.29) is 23.1 Å². The second kappa shape index (κ2) is 14.5. The molecule has 1 aromatic heterocycles. The number of carbonyl (C=O) groups excluding carboxylic acids is 2. The minimum absolute atomic E-state index is 0.00390. The number of aryl methyl sites for hydroxylation is 2. The molecule has 0 spiro atoms. The average molecular weight is 607 g/mol. The van der Waals surface area contributed by atoms with Crippen LogP contribution >= 0.6 is 0 Å². The SMILES string of the molecule is CCOc1ccc(-c2c(C(=O)OC)c(C)nc(C)c2C(=O)OCCCN2CCC(c3ccccc3)(c3ccccc3)CC2)cc1. The van der Waals surface area contributed by atoms with Crippen LogP contribution in [0, 0.1) is 13.8 Å². The lowest BCUT2D eigenvalue weighted by Gasteiger charge is -2.43. The number of methoxy groups -OCH3 is 1. The first-order chi connectivity index (χ1) is 21.9. The van der Waals surface area contributed by atoms with E-state index in [1.54, 1.807) is 13.8 Å². The van der Waals surface area contributed by atoms with E-state index in [4.69, 9.17) is 14.2 Å². The molecule has 2 heterocycles. The fourth-order valence-electron chi connectivity index (χ4n) is 6.57. The summed E-state index contributed by atoms with van der Waals surface area (Å²) in [6.45, 7) is 8.99. The Hall–Kier alpha value is -4.49. The smallest absolute Gasteiger partial charge is 0.340 e. The summed E-state index contributed by atoms with van der Waals surface area (Å²) in [7, 11) is 1.33. The van der Waals surface area contributed by atoms with Gasteiger partial charge in [-0.25, -0.2) is 9.59 Å². The average Bonchev–Trinajstić information content (AvgIpc) is 3.07. The molecule has 1 fully saturated rings. The number of nitrogens with zero attached hydrogens (tertiary/aromatic N) is 2. The topological polar surface area (TPSA) is 78.0 Å². The molecule has 7 nitrogen and oxygen atoms in total. The molecule has 1 aliphatic heterocycles. The summed E-state index contributed by atoms with van der Waals surface area (Å²) in [5.74, 6) is -0.347. The quantitative estimate of drug-likeness (QED) is 0.132. The molecule has 45 heavy (non-hydrogen) atoms. The number of hydrogen-bond acceptors (Lipinski definition) is 7. The first-order valence-electron chi connectivity index (χ1n) is 15.7. The Morgan fingerprint density at radius 3 is 1.89 bits per heavy atom. The van der Waals surface area contributed by atoms with Crippen molar-refractivity contribution in [3.63, 3.8) is 0 Å². The Labute approximate surface area is 266 Å². The number of benzene rings is 3. The Morgan fingerprint density at radius 1 is 0.800 bits per heavy atom. The van der Waals surface area contributed by atoms with E-state index in [1.165, 1.54) is 18.2 Å². The van der Waals surface area contributed by atoms with E-state index < -0.39 is 11.9 Å². The van der Waals surface area contributed by atoms with Crippen molar-refractivity contribution < 1.29 is 23.8 Å². The van der Waals surface area contributed by atoms with Gasteiger partial charge in [-0.05, 0) is 81.9 Å². The van der Waals surface area contributed by atoms with Gasteiger partial charge in [0.2, 0.25) is 0 Å². The molecule has 234 valence electrons. The Morgan fingerprint density at radius 2 is 1.36 bits per heavy atom. The van der Waals surface area contributed by atoms with E-state index in [9.17, 15) is 9.59 Å². The number of rotatable bonds is 11. The standard InChI is InChI=1S/C38H42N2O5/c1-5-44-32-19-17-29(18-20-32)35-33(36(41)43-4)27(2)39-28(3)34(35)37(42)45-26-12-23-40-24-21-38(22-25-40,30-13-8-6-9-14-30)31-15-10-7-11-16-31/h6-11,13-20H,5,12,21-26H2,1-4H3. The van der Waals surface area contributed by atoms with Crippen molar-refractivity contribution in [2.45, 2.75) is 45.4 Å². The fraction of sp³-hybridized carbons (Fsp3) is 0.342. The Kier molecular flexibility index (Phi) is 10.3. The third kappa shape index (κ3) is 6.94. The lowest BCUT2D eigenvalue weighted by atomic mass is 9.68. The highest BCUT2D eigenvalue weighted by Crippen LogP contribution is 2.41. The highest BCUT2D eigenvalue weighted by atomic mass is 16.5. The fourth-order valence-corrected chi connectivity index (χ4v) is 6.57. The number of aromatic nitrogens is 1. The molecular weight excluding hydrogens is 564 g/mol. The van der Waals surface area contributed by atoms with Crippen molar-refractivity contribution in [2.75, 3.05) is 40.0 Å². The minimum Gasteiger partial charge on any atom is -0.494 e. The van der Waals surface area contributed by atoms with Gasteiger partial charge in [0.1, 0.15) is 5.75 Å². The molecule has 5 rings (SSSR count). The third-order valence-corrected chi connectivity index (χ3v) is 8.82. The summed E-state index contributed by atoms with van der Waals surface area (Å²) in [6.07, 6.45) is 2.75. The predicted octanol–water partition coefficient (Wildman–Crippen LogP) is 7.18. The summed E-state index contributed by atoms with van der Waals surface area (Å²) in [5, 5.41) is 0. The maximum Gasteiger partial charge on any atom is 0.340 e. The largest absolute Gasteiger partial charge is 0.494 e. The van der Waals surface area contributed by atoms with E-state index in [2.05, 4.69) is 70.5 Å². The van der Waals surface area contributed by atoms with Gasteiger partial charge in [0.15, 0.2) is 0 Å². The summed E-state index contributed by atoms with van der Waals surface area (Å²) >= 11 is 0. The molecule has 0 atom stereocenters. The number of esters is 2. The van der Waals surface area contributed by atoms with Gasteiger partial charge in [0.25, 0.3) is 0 Å². The van der Waals surface area contributed by atoms with Gasteiger partial charge in [0.05, 0.1) is 42.8 Å². The molecule has 1 aliphatic rings. The lowest BCUT2D eigenvalue weighted by Crippen LogP contribution is -2.43. The maximum absolute atomic E-state index is 13.6. The van der Waals surface area contributed by atoms with Crippen molar-refractivity contribution in [1.82, 2.24) is 9.88 Å². The van der Waals surface area contributed by atoms with Crippen LogP contribution in [0.4, 0.5) is 0 Å². The maximum atomic E-state index is 13.6. The molecular formula is C38H42N2O5. The summed E-state index contributed by atoms with van der Waals surface area (Å²) < 4.78 is 16.5. The van der Waals surface area contributed by atoms with Crippen LogP contribution in [-0.4, -0.2) is 61.8 Å². The van der Waals surface area contributed by atoms with Crippen LogP contribution in [-0.2, 0) is 14.9 Å². The van der Waals surface area contributed by atoms with Crippen LogP contribution in [0.2, 0.25) is 0 Å². The van der Waals surface area contributed by atoms with Crippen LogP contribution in [0.1, 0.15) is 69.4 Å². The lowest BCUT2D eigenvalue weighted by molar-refractivity contribution is 0.0481. The van der Waals surface area contributed by atoms with Gasteiger partial charge in [-0.15, -0.1) is 0 Å². The van der Waals surface area contributed by atoms with Gasteiger partial charge in [0, 0.05) is 17.5 Å². The second-order valence-corrected chi connectivity index (χ2v) is 11.5. The van der Waals surface area contributed by atoms with Gasteiger partial charge in [-0.2, -0.15) is 0 Å². The number of likely N-dealkylation sites (tertiary alicyclic amines) is 1. The van der Waals surface area contributed by atoms with Crippen molar-refractivity contribution in [2.24, 2.45) is 0 Å². The van der Waals surface area contributed by atoms with Gasteiger partial charge in [-0.3, -0.25) is 4.98 Å². The zero-order chi connectivity index (χ0) is 31.8. The molecule has 3 aromatic carbocycles. The number of ether oxygens (including phenoxy) is 3. The van der Waals surface area contributed by atoms with Gasteiger partial charge in [-0.1, -0.05) is 72.8 Å². The van der Waals surface area contributed by atoms with Gasteiger partial charge < -0.3 is 19.1 Å². The zero-order valence-corrected chi connectivity index (χ0v) is 26.7. The number of pyridine rings is 1. The number of hydrogen-bond donors (Lipinski definition) is 0. The molecule has 0 radical (unpaired) electrons. The third-order valence-electron chi connectivity index (χ3n) is 8.82. The highest BCUT2D eigenvalue weighted by Gasteiger charge is 2.37. The molecule has 0 unspecified atom stereocenters.